The molecule has 0 fully saturated rings. The van der Waals surface area contributed by atoms with Gasteiger partial charge in [0.1, 0.15) is 11.9 Å². The van der Waals surface area contributed by atoms with Crippen LogP contribution in [-0.4, -0.2) is 15.7 Å². The molecule has 2 rings (SSSR count). The highest BCUT2D eigenvalue weighted by Gasteiger charge is 2.26. The fraction of sp³-hybridized carbons (Fsp3) is 0.214. The Morgan fingerprint density at radius 1 is 1.26 bits per heavy atom. The molecular formula is C14H14N4S. The average Bonchev–Trinajstić information content (AvgIpc) is 2.49. The van der Waals surface area contributed by atoms with Crippen LogP contribution in [0.15, 0.2) is 53.9 Å². The second kappa shape index (κ2) is 6.32. The number of rotatable bonds is 5. The molecule has 19 heavy (non-hydrogen) atoms. The molecule has 0 aliphatic heterocycles. The molecule has 4 nitrogen and oxygen atoms in total. The summed E-state index contributed by atoms with van der Waals surface area (Å²) in [7, 11) is 0. The topological polar surface area (TPSA) is 75.6 Å². The van der Waals surface area contributed by atoms with Gasteiger partial charge in [-0.1, -0.05) is 30.3 Å². The molecule has 0 saturated heterocycles. The van der Waals surface area contributed by atoms with Crippen LogP contribution in [0.4, 0.5) is 0 Å². The van der Waals surface area contributed by atoms with Crippen LogP contribution in [0.5, 0.6) is 0 Å². The molecule has 96 valence electrons. The molecule has 5 heteroatoms. The second-order valence-corrected chi connectivity index (χ2v) is 5.21. The van der Waals surface area contributed by atoms with Gasteiger partial charge in [0.25, 0.3) is 0 Å². The molecular weight excluding hydrogens is 256 g/mol. The Morgan fingerprint density at radius 3 is 2.68 bits per heavy atom. The maximum Gasteiger partial charge on any atom is 0.130 e. The molecule has 0 radical (unpaired) electrons. The lowest BCUT2D eigenvalue weighted by atomic mass is 9.90. The molecule has 0 amide bonds. The predicted molar refractivity (Wildman–Crippen MR) is 75.3 cm³/mol. The Morgan fingerprint density at radius 2 is 2.05 bits per heavy atom. The van der Waals surface area contributed by atoms with E-state index in [2.05, 4.69) is 16.0 Å². The lowest BCUT2D eigenvalue weighted by molar-refractivity contribution is 0.560. The molecule has 0 bridgehead atoms. The summed E-state index contributed by atoms with van der Waals surface area (Å²) in [6, 6.07) is 13.5. The van der Waals surface area contributed by atoms with Gasteiger partial charge >= 0.3 is 0 Å². The van der Waals surface area contributed by atoms with Gasteiger partial charge < -0.3 is 5.73 Å². The largest absolute Gasteiger partial charge is 0.310 e. The molecule has 1 aromatic heterocycles. The Hall–Kier alpha value is -1.90. The van der Waals surface area contributed by atoms with Gasteiger partial charge in [-0.05, 0) is 18.1 Å². The van der Waals surface area contributed by atoms with Gasteiger partial charge in [-0.2, -0.15) is 5.26 Å². The quantitative estimate of drug-likeness (QED) is 0.666. The van der Waals surface area contributed by atoms with Crippen molar-refractivity contribution < 1.29 is 0 Å². The SMILES string of the molecule is N#CC(N)(CCSc1ccncn1)c1ccccc1. The van der Waals surface area contributed by atoms with Gasteiger partial charge in [0, 0.05) is 11.9 Å². The van der Waals surface area contributed by atoms with Crippen LogP contribution in [0, 0.1) is 11.3 Å². The molecule has 1 aromatic carbocycles. The average molecular weight is 270 g/mol. The summed E-state index contributed by atoms with van der Waals surface area (Å²) in [5.74, 6) is 0.732. The van der Waals surface area contributed by atoms with Crippen LogP contribution < -0.4 is 5.73 Å². The molecule has 0 aliphatic carbocycles. The summed E-state index contributed by atoms with van der Waals surface area (Å²) in [5.41, 5.74) is 6.08. The van der Waals surface area contributed by atoms with Crippen LogP contribution in [0.2, 0.25) is 0 Å². The second-order valence-electron chi connectivity index (χ2n) is 4.10. The minimum absolute atomic E-state index is 0.572. The first kappa shape index (κ1) is 13.5. The normalized spacial score (nSPS) is 13.5. The van der Waals surface area contributed by atoms with Crippen molar-refractivity contribution in [3.05, 3.63) is 54.5 Å². The lowest BCUT2D eigenvalue weighted by Crippen LogP contribution is -2.35. The molecule has 1 unspecified atom stereocenters. The van der Waals surface area contributed by atoms with Gasteiger partial charge in [0.05, 0.1) is 11.1 Å². The van der Waals surface area contributed by atoms with Crippen LogP contribution in [0.1, 0.15) is 12.0 Å². The number of nitrogens with zero attached hydrogens (tertiary/aromatic N) is 3. The number of benzene rings is 1. The zero-order valence-corrected chi connectivity index (χ0v) is 11.2. The standard InChI is InChI=1S/C14H14N4S/c15-10-14(16,12-4-2-1-3-5-12)7-9-19-13-6-8-17-11-18-13/h1-6,8,11H,7,9,16H2. The maximum absolute atomic E-state index is 9.33. The molecule has 1 heterocycles. The highest BCUT2D eigenvalue weighted by Crippen LogP contribution is 2.25. The van der Waals surface area contributed by atoms with Crippen molar-refractivity contribution in [1.29, 1.82) is 5.26 Å². The third-order valence-corrected chi connectivity index (χ3v) is 3.74. The lowest BCUT2D eigenvalue weighted by Gasteiger charge is -2.21. The summed E-state index contributed by atoms with van der Waals surface area (Å²) in [6.07, 6.45) is 3.79. The summed E-state index contributed by atoms with van der Waals surface area (Å²) in [4.78, 5) is 7.99. The van der Waals surface area contributed by atoms with E-state index in [9.17, 15) is 5.26 Å². The molecule has 0 aliphatic rings. The summed E-state index contributed by atoms with van der Waals surface area (Å²) in [5, 5.41) is 10.2. The zero-order valence-electron chi connectivity index (χ0n) is 10.4. The third-order valence-electron chi connectivity index (χ3n) is 2.79. The van der Waals surface area contributed by atoms with Crippen molar-refractivity contribution in [2.24, 2.45) is 5.73 Å². The summed E-state index contributed by atoms with van der Waals surface area (Å²) < 4.78 is 0. The molecule has 1 atom stereocenters. The van der Waals surface area contributed by atoms with Gasteiger partial charge in [-0.15, -0.1) is 11.8 Å². The van der Waals surface area contributed by atoms with Gasteiger partial charge in [0.2, 0.25) is 0 Å². The Balaban J connectivity index is 1.99. The van der Waals surface area contributed by atoms with E-state index in [-0.39, 0.29) is 0 Å². The van der Waals surface area contributed by atoms with Crippen molar-refractivity contribution in [1.82, 2.24) is 9.97 Å². The summed E-state index contributed by atoms with van der Waals surface area (Å²) >= 11 is 1.58. The van der Waals surface area contributed by atoms with E-state index in [0.29, 0.717) is 6.42 Å². The minimum atomic E-state index is -0.943. The molecule has 2 aromatic rings. The van der Waals surface area contributed by atoms with E-state index in [1.807, 2.05) is 36.4 Å². The smallest absolute Gasteiger partial charge is 0.130 e. The van der Waals surface area contributed by atoms with E-state index in [4.69, 9.17) is 5.73 Å². The van der Waals surface area contributed by atoms with Gasteiger partial charge in [-0.25, -0.2) is 9.97 Å². The minimum Gasteiger partial charge on any atom is -0.310 e. The van der Waals surface area contributed by atoms with Crippen molar-refractivity contribution in [2.45, 2.75) is 17.0 Å². The van der Waals surface area contributed by atoms with E-state index >= 15 is 0 Å². The fourth-order valence-electron chi connectivity index (χ4n) is 1.68. The molecule has 2 N–H and O–H groups in total. The van der Waals surface area contributed by atoms with Crippen molar-refractivity contribution in [3.8, 4) is 6.07 Å². The van der Waals surface area contributed by atoms with Crippen molar-refractivity contribution in [2.75, 3.05) is 5.75 Å². The summed E-state index contributed by atoms with van der Waals surface area (Å²) in [6.45, 7) is 0. The Bertz CT molecular complexity index is 553. The third kappa shape index (κ3) is 3.53. The van der Waals surface area contributed by atoms with Gasteiger partial charge in [0.15, 0.2) is 0 Å². The van der Waals surface area contributed by atoms with E-state index in [1.165, 1.54) is 6.33 Å². The Kier molecular flexibility index (Phi) is 4.50. The maximum atomic E-state index is 9.33. The predicted octanol–water partition coefficient (Wildman–Crippen LogP) is 2.34. The van der Waals surface area contributed by atoms with Crippen LogP contribution >= 0.6 is 11.8 Å². The van der Waals surface area contributed by atoms with Gasteiger partial charge in [-0.3, -0.25) is 0 Å². The monoisotopic (exact) mass is 270 g/mol. The van der Waals surface area contributed by atoms with E-state index in [1.54, 1.807) is 18.0 Å². The number of nitriles is 1. The number of thioether (sulfide) groups is 1. The van der Waals surface area contributed by atoms with E-state index < -0.39 is 5.54 Å². The molecule has 0 saturated carbocycles. The number of hydrogen-bond donors (Lipinski definition) is 1. The first-order valence-electron chi connectivity index (χ1n) is 5.89. The number of nitrogens with two attached hydrogens (primary N) is 1. The van der Waals surface area contributed by atoms with Crippen LogP contribution in [0.25, 0.3) is 0 Å². The van der Waals surface area contributed by atoms with Crippen LogP contribution in [-0.2, 0) is 5.54 Å². The van der Waals surface area contributed by atoms with Crippen LogP contribution in [0.3, 0.4) is 0 Å². The van der Waals surface area contributed by atoms with Crippen molar-refractivity contribution in [3.63, 3.8) is 0 Å². The first-order valence-corrected chi connectivity index (χ1v) is 6.88. The molecule has 0 spiro atoms. The zero-order chi connectivity index (χ0) is 13.6. The number of hydrogen-bond acceptors (Lipinski definition) is 5. The fourth-order valence-corrected chi connectivity index (χ4v) is 2.59. The van der Waals surface area contributed by atoms with E-state index in [0.717, 1.165) is 16.3 Å². The highest BCUT2D eigenvalue weighted by atomic mass is 32.2. The first-order chi connectivity index (χ1) is 9.24. The van der Waals surface area contributed by atoms with Crippen molar-refractivity contribution >= 4 is 11.8 Å². The Labute approximate surface area is 116 Å². The highest BCUT2D eigenvalue weighted by molar-refractivity contribution is 7.99. The number of aromatic nitrogens is 2.